The molecule has 0 atom stereocenters. The zero-order chi connectivity index (χ0) is 18.1. The van der Waals surface area contributed by atoms with Crippen molar-refractivity contribution in [3.05, 3.63) is 41.5 Å². The first kappa shape index (κ1) is 21.3. The summed E-state index contributed by atoms with van der Waals surface area (Å²) in [6.07, 6.45) is 0. The standard InChI is InChI=1S/C15H14O8S.Na.H/c1-22-8-3-4-9(11(16)7-8)13(17)10-5-6-12(23-2)15(14(10)18)24(19,20)21;;/h3-7,16,18H,1-2H3,(H,19,20,21);;. The fourth-order valence-corrected chi connectivity index (χ4v) is 2.88. The normalized spacial score (nSPS) is 10.7. The van der Waals surface area contributed by atoms with Crippen molar-refractivity contribution in [2.75, 3.05) is 14.2 Å². The summed E-state index contributed by atoms with van der Waals surface area (Å²) < 4.78 is 41.8. The molecule has 3 N–H and O–H groups in total. The van der Waals surface area contributed by atoms with Gasteiger partial charge in [0, 0.05) is 6.07 Å². The van der Waals surface area contributed by atoms with Crippen molar-refractivity contribution in [3.63, 3.8) is 0 Å². The number of ether oxygens (including phenoxy) is 2. The molecular weight excluding hydrogens is 363 g/mol. The fourth-order valence-electron chi connectivity index (χ4n) is 2.12. The van der Waals surface area contributed by atoms with Crippen molar-refractivity contribution >= 4 is 45.5 Å². The molecule has 0 unspecified atom stereocenters. The third kappa shape index (κ3) is 4.25. The number of ketones is 1. The summed E-state index contributed by atoms with van der Waals surface area (Å²) in [6.45, 7) is 0. The number of carbonyl (C=O) groups is 1. The van der Waals surface area contributed by atoms with Gasteiger partial charge in [0.2, 0.25) is 5.78 Å². The molecule has 25 heavy (non-hydrogen) atoms. The van der Waals surface area contributed by atoms with E-state index >= 15 is 0 Å². The predicted octanol–water partition coefficient (Wildman–Crippen LogP) is 0.944. The third-order valence-electron chi connectivity index (χ3n) is 3.27. The van der Waals surface area contributed by atoms with Gasteiger partial charge in [-0.3, -0.25) is 9.35 Å². The number of hydrogen-bond donors (Lipinski definition) is 3. The molecule has 0 aromatic heterocycles. The van der Waals surface area contributed by atoms with Crippen molar-refractivity contribution in [2.45, 2.75) is 4.90 Å². The molecule has 0 aliphatic carbocycles. The number of carbonyl (C=O) groups excluding carboxylic acids is 1. The first-order valence-electron chi connectivity index (χ1n) is 6.49. The van der Waals surface area contributed by atoms with E-state index in [1.807, 2.05) is 0 Å². The van der Waals surface area contributed by atoms with Crippen LogP contribution in [-0.4, -0.2) is 72.7 Å². The summed E-state index contributed by atoms with van der Waals surface area (Å²) in [5, 5.41) is 20.0. The first-order chi connectivity index (χ1) is 11.2. The number of aromatic hydroxyl groups is 2. The molecule has 0 spiro atoms. The Bertz CT molecular complexity index is 908. The molecule has 0 heterocycles. The van der Waals surface area contributed by atoms with Crippen LogP contribution in [0.25, 0.3) is 0 Å². The van der Waals surface area contributed by atoms with Gasteiger partial charge in [0.1, 0.15) is 17.2 Å². The summed E-state index contributed by atoms with van der Waals surface area (Å²) in [5.74, 6) is -2.26. The molecule has 0 fully saturated rings. The summed E-state index contributed by atoms with van der Waals surface area (Å²) in [7, 11) is -2.33. The van der Waals surface area contributed by atoms with Crippen LogP contribution in [0.2, 0.25) is 0 Å². The molecule has 130 valence electrons. The molecular formula is C15H15NaO8S. The Morgan fingerprint density at radius 3 is 2.08 bits per heavy atom. The second-order valence-electron chi connectivity index (χ2n) is 4.68. The van der Waals surface area contributed by atoms with Crippen LogP contribution < -0.4 is 9.47 Å². The van der Waals surface area contributed by atoms with Crippen LogP contribution in [0.4, 0.5) is 0 Å². The van der Waals surface area contributed by atoms with Crippen molar-refractivity contribution < 1.29 is 37.5 Å². The van der Waals surface area contributed by atoms with E-state index < -0.39 is 37.9 Å². The average molecular weight is 378 g/mol. The van der Waals surface area contributed by atoms with E-state index in [2.05, 4.69) is 0 Å². The van der Waals surface area contributed by atoms with Crippen LogP contribution >= 0.6 is 0 Å². The summed E-state index contributed by atoms with van der Waals surface area (Å²) in [6, 6.07) is 6.09. The summed E-state index contributed by atoms with van der Waals surface area (Å²) in [4.78, 5) is 11.6. The van der Waals surface area contributed by atoms with Gasteiger partial charge in [0.05, 0.1) is 25.3 Å². The molecule has 2 aromatic carbocycles. The van der Waals surface area contributed by atoms with Gasteiger partial charge in [0.25, 0.3) is 0 Å². The quantitative estimate of drug-likeness (QED) is 0.398. The Morgan fingerprint density at radius 1 is 1.00 bits per heavy atom. The third-order valence-corrected chi connectivity index (χ3v) is 4.18. The van der Waals surface area contributed by atoms with Crippen LogP contribution in [-0.2, 0) is 10.1 Å². The summed E-state index contributed by atoms with van der Waals surface area (Å²) >= 11 is 0. The van der Waals surface area contributed by atoms with Gasteiger partial charge in [-0.1, -0.05) is 0 Å². The molecule has 0 bridgehead atoms. The Kier molecular flexibility index (Phi) is 6.86. The second kappa shape index (κ2) is 8.07. The SMILES string of the molecule is COc1ccc(C(=O)c2ccc(OC)c(S(=O)(=O)O)c2O)c(O)c1.[NaH]. The maximum atomic E-state index is 12.5. The number of rotatable bonds is 5. The monoisotopic (exact) mass is 378 g/mol. The molecule has 2 rings (SSSR count). The van der Waals surface area contributed by atoms with Crippen LogP contribution in [0, 0.1) is 0 Å². The molecule has 0 aliphatic heterocycles. The van der Waals surface area contributed by atoms with E-state index in [-0.39, 0.29) is 40.9 Å². The Balaban J connectivity index is 0.00000312. The number of methoxy groups -OCH3 is 2. The van der Waals surface area contributed by atoms with Crippen LogP contribution in [0.3, 0.4) is 0 Å². The zero-order valence-corrected chi connectivity index (χ0v) is 13.5. The van der Waals surface area contributed by atoms with Crippen LogP contribution in [0.15, 0.2) is 35.2 Å². The number of phenolic OH excluding ortho intramolecular Hbond substituents is 2. The van der Waals surface area contributed by atoms with Crippen molar-refractivity contribution in [2.24, 2.45) is 0 Å². The Morgan fingerprint density at radius 2 is 1.60 bits per heavy atom. The van der Waals surface area contributed by atoms with E-state index in [1.54, 1.807) is 0 Å². The minimum atomic E-state index is -4.84. The van der Waals surface area contributed by atoms with Crippen LogP contribution in [0.5, 0.6) is 23.0 Å². The van der Waals surface area contributed by atoms with Gasteiger partial charge in [-0.05, 0) is 24.3 Å². The molecule has 8 nitrogen and oxygen atoms in total. The van der Waals surface area contributed by atoms with Crippen molar-refractivity contribution in [1.82, 2.24) is 0 Å². The fraction of sp³-hybridized carbons (Fsp3) is 0.133. The van der Waals surface area contributed by atoms with E-state index in [4.69, 9.17) is 9.47 Å². The molecule has 0 aliphatic rings. The maximum absolute atomic E-state index is 12.5. The molecule has 0 radical (unpaired) electrons. The average Bonchev–Trinajstić information content (AvgIpc) is 2.52. The molecule has 10 heteroatoms. The van der Waals surface area contributed by atoms with Gasteiger partial charge in [-0.25, -0.2) is 0 Å². The molecule has 2 aromatic rings. The van der Waals surface area contributed by atoms with Gasteiger partial charge >= 0.3 is 39.7 Å². The second-order valence-corrected chi connectivity index (χ2v) is 6.04. The Hall–Kier alpha value is -1.78. The van der Waals surface area contributed by atoms with Crippen LogP contribution in [0.1, 0.15) is 15.9 Å². The topological polar surface area (TPSA) is 130 Å². The molecule has 0 amide bonds. The van der Waals surface area contributed by atoms with Crippen molar-refractivity contribution in [1.29, 1.82) is 0 Å². The van der Waals surface area contributed by atoms with Gasteiger partial charge in [-0.15, -0.1) is 0 Å². The van der Waals surface area contributed by atoms with E-state index in [0.29, 0.717) is 5.75 Å². The molecule has 0 saturated heterocycles. The predicted molar refractivity (Wildman–Crippen MR) is 89.7 cm³/mol. The van der Waals surface area contributed by atoms with Gasteiger partial charge in [0.15, 0.2) is 10.6 Å². The van der Waals surface area contributed by atoms with Gasteiger partial charge in [-0.2, -0.15) is 8.42 Å². The number of hydrogen-bond acceptors (Lipinski definition) is 7. The summed E-state index contributed by atoms with van der Waals surface area (Å²) in [5.41, 5.74) is -0.610. The van der Waals surface area contributed by atoms with Gasteiger partial charge < -0.3 is 19.7 Å². The van der Waals surface area contributed by atoms with E-state index in [0.717, 1.165) is 19.2 Å². The Labute approximate surface area is 166 Å². The van der Waals surface area contributed by atoms with E-state index in [1.165, 1.54) is 25.3 Å². The first-order valence-corrected chi connectivity index (χ1v) is 7.93. The number of benzene rings is 2. The number of phenols is 2. The van der Waals surface area contributed by atoms with E-state index in [9.17, 15) is 28.0 Å². The molecule has 0 saturated carbocycles. The van der Waals surface area contributed by atoms with Crippen molar-refractivity contribution in [3.8, 4) is 23.0 Å². The zero-order valence-electron chi connectivity index (χ0n) is 12.7. The minimum absolute atomic E-state index is 0.